The fourth-order valence-corrected chi connectivity index (χ4v) is 2.96. The van der Waals surface area contributed by atoms with Gasteiger partial charge in [0.05, 0.1) is 36.8 Å². The van der Waals surface area contributed by atoms with Crippen LogP contribution in [-0.2, 0) is 17.9 Å². The van der Waals surface area contributed by atoms with Crippen molar-refractivity contribution in [3.8, 4) is 0 Å². The summed E-state index contributed by atoms with van der Waals surface area (Å²) in [5, 5.41) is -0.735. The largest absolute Gasteiger partial charge is 0.338 e. The van der Waals surface area contributed by atoms with Crippen LogP contribution in [0.4, 0.5) is 0 Å². The van der Waals surface area contributed by atoms with Gasteiger partial charge in [-0.25, -0.2) is 0 Å². The molecule has 0 atom stereocenters. The Bertz CT molecular complexity index is 198. The van der Waals surface area contributed by atoms with Crippen LogP contribution in [0.15, 0.2) is 0 Å². The lowest BCUT2D eigenvalue weighted by Gasteiger charge is -2.31. The van der Waals surface area contributed by atoms with E-state index in [1.807, 2.05) is 0 Å². The molecule has 6 heteroatoms. The van der Waals surface area contributed by atoms with Crippen LogP contribution in [-0.4, -0.2) is 25.0 Å². The molecule has 0 aliphatic rings. The van der Waals surface area contributed by atoms with Gasteiger partial charge in [0.2, 0.25) is 0 Å². The highest BCUT2D eigenvalue weighted by Gasteiger charge is 2.43. The molecule has 0 saturated heterocycles. The third-order valence-electron chi connectivity index (χ3n) is 1.75. The molecule has 4 nitrogen and oxygen atoms in total. The maximum absolute atomic E-state index is 12.2. The highest BCUT2D eigenvalue weighted by molar-refractivity contribution is 7.55. The van der Waals surface area contributed by atoms with E-state index in [1.54, 1.807) is 27.7 Å². The molecule has 0 aromatic heterocycles. The van der Waals surface area contributed by atoms with Gasteiger partial charge in [0.15, 0.2) is 0 Å². The van der Waals surface area contributed by atoms with Crippen LogP contribution >= 0.6 is 19.5 Å². The Kier molecular flexibility index (Phi) is 6.26. The third-order valence-corrected chi connectivity index (χ3v) is 4.66. The molecule has 0 saturated carbocycles. The minimum absolute atomic E-state index is 0.117. The van der Waals surface area contributed by atoms with Crippen LogP contribution in [0.25, 0.3) is 0 Å². The van der Waals surface area contributed by atoms with Crippen molar-refractivity contribution in [1.29, 1.82) is 0 Å². The molecule has 14 heavy (non-hydrogen) atoms. The summed E-state index contributed by atoms with van der Waals surface area (Å²) in [6, 6.07) is 0. The van der Waals surface area contributed by atoms with E-state index in [1.165, 1.54) is 0 Å². The molecule has 0 aromatic carbocycles. The van der Waals surface area contributed by atoms with Gasteiger partial charge in [-0.3, -0.25) is 8.85 Å². The monoisotopic (exact) mass is 244 g/mol. The summed E-state index contributed by atoms with van der Waals surface area (Å²) in [6.07, 6.45) is 0. The van der Waals surface area contributed by atoms with Crippen molar-refractivity contribution in [2.24, 2.45) is 0 Å². The Morgan fingerprint density at radius 3 is 1.93 bits per heavy atom. The molecule has 0 spiro atoms. The smallest absolute Gasteiger partial charge is 0.308 e. The highest BCUT2D eigenvalue weighted by Crippen LogP contribution is 2.59. The summed E-state index contributed by atoms with van der Waals surface area (Å²) in [5.41, 5.74) is 0. The van der Waals surface area contributed by atoms with Crippen LogP contribution in [0.2, 0.25) is 0 Å². The van der Waals surface area contributed by atoms with Crippen molar-refractivity contribution < 1.29 is 17.9 Å². The molecule has 0 heterocycles. The Morgan fingerprint density at radius 1 is 1.21 bits per heavy atom. The van der Waals surface area contributed by atoms with Crippen molar-refractivity contribution in [2.75, 3.05) is 19.8 Å². The second kappa shape index (κ2) is 6.09. The topological polar surface area (TPSA) is 44.8 Å². The predicted octanol–water partition coefficient (Wildman–Crippen LogP) is 3.20. The number of halogens is 1. The average molecular weight is 245 g/mol. The molecule has 0 radical (unpaired) electrons. The van der Waals surface area contributed by atoms with Crippen LogP contribution in [0, 0.1) is 0 Å². The van der Waals surface area contributed by atoms with Crippen molar-refractivity contribution in [1.82, 2.24) is 0 Å². The maximum atomic E-state index is 12.2. The van der Waals surface area contributed by atoms with E-state index < -0.39 is 12.8 Å². The molecule has 0 aliphatic carbocycles. The fourth-order valence-electron chi connectivity index (χ4n) is 0.939. The lowest BCUT2D eigenvalue weighted by atomic mass is 10.2. The van der Waals surface area contributed by atoms with Gasteiger partial charge < -0.3 is 9.05 Å². The summed E-state index contributed by atoms with van der Waals surface area (Å²) in [6.45, 7) is 7.80. The zero-order valence-corrected chi connectivity index (χ0v) is 10.7. The van der Waals surface area contributed by atoms with E-state index in [9.17, 15) is 4.57 Å². The Hall–Kier alpha value is 0.400. The van der Waals surface area contributed by atoms with Crippen LogP contribution < -0.4 is 0 Å². The van der Waals surface area contributed by atoms with Crippen LogP contribution in [0.1, 0.15) is 27.7 Å². The molecule has 0 fully saturated rings. The molecule has 0 bridgehead atoms. The Labute approximate surface area is 90.6 Å². The number of rotatable bonds is 7. The maximum Gasteiger partial charge on any atom is 0.338 e. The van der Waals surface area contributed by atoms with E-state index in [2.05, 4.69) is 4.29 Å². The van der Waals surface area contributed by atoms with Crippen molar-refractivity contribution in [2.45, 2.75) is 32.9 Å². The first-order valence-corrected chi connectivity index (χ1v) is 6.41. The Balaban J connectivity index is 4.69. The van der Waals surface area contributed by atoms with Gasteiger partial charge in [-0.1, -0.05) is 0 Å². The number of hydrogen-bond donors (Lipinski definition) is 0. The van der Waals surface area contributed by atoms with Gasteiger partial charge in [-0.2, -0.15) is 0 Å². The quantitative estimate of drug-likeness (QED) is 0.645. The van der Waals surface area contributed by atoms with Gasteiger partial charge in [0, 0.05) is 0 Å². The summed E-state index contributed by atoms with van der Waals surface area (Å²) in [5.74, 6) is 0. The minimum atomic E-state index is -3.15. The van der Waals surface area contributed by atoms with Crippen molar-refractivity contribution >= 4 is 19.5 Å². The highest BCUT2D eigenvalue weighted by atomic mass is 35.5. The van der Waals surface area contributed by atoms with Crippen molar-refractivity contribution in [3.05, 3.63) is 0 Å². The van der Waals surface area contributed by atoms with E-state index in [4.69, 9.17) is 20.9 Å². The van der Waals surface area contributed by atoms with E-state index >= 15 is 0 Å². The van der Waals surface area contributed by atoms with Gasteiger partial charge >= 0.3 is 7.60 Å². The molecule has 0 aromatic rings. The first-order chi connectivity index (χ1) is 6.43. The van der Waals surface area contributed by atoms with E-state index in [0.29, 0.717) is 13.2 Å². The minimum Gasteiger partial charge on any atom is -0.308 e. The van der Waals surface area contributed by atoms with E-state index in [-0.39, 0.29) is 6.61 Å². The van der Waals surface area contributed by atoms with Gasteiger partial charge in [0.1, 0.15) is 0 Å². The zero-order chi connectivity index (χ0) is 11.2. The van der Waals surface area contributed by atoms with Crippen molar-refractivity contribution in [3.63, 3.8) is 0 Å². The average Bonchev–Trinajstić information content (AvgIpc) is 2.04. The van der Waals surface area contributed by atoms with Gasteiger partial charge in [-0.05, 0) is 27.7 Å². The molecule has 0 amide bonds. The summed E-state index contributed by atoms with van der Waals surface area (Å²) >= 11 is 5.16. The molecule has 0 rings (SSSR count). The first kappa shape index (κ1) is 14.4. The van der Waals surface area contributed by atoms with E-state index in [0.717, 1.165) is 0 Å². The molecular formula is C8H18ClO4P. The summed E-state index contributed by atoms with van der Waals surface area (Å²) in [4.78, 5) is 0. The first-order valence-electron chi connectivity index (χ1n) is 4.56. The summed E-state index contributed by atoms with van der Waals surface area (Å²) in [7, 11) is -3.15. The zero-order valence-electron chi connectivity index (χ0n) is 9.08. The second-order valence-electron chi connectivity index (χ2n) is 3.40. The lowest BCUT2D eigenvalue weighted by molar-refractivity contribution is 0.183. The molecule has 0 unspecified atom stereocenters. The summed E-state index contributed by atoms with van der Waals surface area (Å²) < 4.78 is 27.1. The normalized spacial score (nSPS) is 13.2. The van der Waals surface area contributed by atoms with Crippen LogP contribution in [0.3, 0.4) is 0 Å². The Morgan fingerprint density at radius 2 is 1.64 bits per heavy atom. The lowest BCUT2D eigenvalue weighted by Crippen LogP contribution is -2.28. The second-order valence-corrected chi connectivity index (χ2v) is 6.34. The molecule has 0 aliphatic heterocycles. The fraction of sp³-hybridized carbons (Fsp3) is 1.00. The number of hydrogen-bond acceptors (Lipinski definition) is 4. The molecular weight excluding hydrogens is 227 g/mol. The SMILES string of the molecule is CCOP(=O)(OCC)C(C)(C)COCl. The standard InChI is InChI=1S/C8H18ClO4P/c1-5-12-14(10,13-6-2)8(3,4)7-11-9/h5-7H2,1-4H3. The van der Waals surface area contributed by atoms with Gasteiger partial charge in [-0.15, -0.1) is 0 Å². The van der Waals surface area contributed by atoms with Gasteiger partial charge in [0.25, 0.3) is 0 Å². The molecule has 0 N–H and O–H groups in total. The third kappa shape index (κ3) is 3.52. The van der Waals surface area contributed by atoms with Crippen LogP contribution in [0.5, 0.6) is 0 Å². The molecule has 86 valence electrons. The predicted molar refractivity (Wildman–Crippen MR) is 56.7 cm³/mol.